The van der Waals surface area contributed by atoms with Crippen molar-refractivity contribution in [2.75, 3.05) is 44.7 Å². The highest BCUT2D eigenvalue weighted by atomic mass is 19.4. The number of hydrogen-bond donors (Lipinski definition) is 1. The molecule has 0 aromatic carbocycles. The van der Waals surface area contributed by atoms with Crippen molar-refractivity contribution in [1.29, 1.82) is 0 Å². The van der Waals surface area contributed by atoms with Crippen molar-refractivity contribution in [1.82, 2.24) is 20.2 Å². The number of Topliss-reactive ketones (excluding diaryl/α,β-unsaturated/α-hetero) is 1. The molecule has 1 aliphatic heterocycles. The lowest BCUT2D eigenvalue weighted by atomic mass is 10.0. The average Bonchev–Trinajstić information content (AvgIpc) is 2.81. The summed E-state index contributed by atoms with van der Waals surface area (Å²) in [5, 5.41) is 2.83. The van der Waals surface area contributed by atoms with E-state index in [1.165, 1.54) is 12.3 Å². The molecule has 1 amide bonds. The van der Waals surface area contributed by atoms with Crippen LogP contribution in [0.1, 0.15) is 35.5 Å². The Labute approximate surface area is 202 Å². The summed E-state index contributed by atoms with van der Waals surface area (Å²) in [5.74, 6) is -0.0908. The number of nitrogens with zero attached hydrogens (tertiary/aromatic N) is 4. The van der Waals surface area contributed by atoms with E-state index in [1.807, 2.05) is 25.8 Å². The smallest absolute Gasteiger partial charge is 0.422 e. The van der Waals surface area contributed by atoms with Crippen LogP contribution >= 0.6 is 0 Å². The van der Waals surface area contributed by atoms with E-state index in [1.54, 1.807) is 18.2 Å². The lowest BCUT2D eigenvalue weighted by Crippen LogP contribution is -2.45. The Kier molecular flexibility index (Phi) is 8.66. The fourth-order valence-corrected chi connectivity index (χ4v) is 3.50. The minimum atomic E-state index is -4.47. The zero-order chi connectivity index (χ0) is 25.6. The number of pyridine rings is 2. The maximum Gasteiger partial charge on any atom is 0.422 e. The third-order valence-corrected chi connectivity index (χ3v) is 5.63. The molecule has 11 heteroatoms. The van der Waals surface area contributed by atoms with Crippen LogP contribution in [-0.4, -0.2) is 72.6 Å². The molecule has 0 saturated carbocycles. The molecule has 0 aliphatic carbocycles. The highest BCUT2D eigenvalue weighted by Gasteiger charge is 2.29. The predicted octanol–water partition coefficient (Wildman–Crippen LogP) is 2.87. The van der Waals surface area contributed by atoms with Crippen molar-refractivity contribution in [3.8, 4) is 5.88 Å². The van der Waals surface area contributed by atoms with Gasteiger partial charge in [-0.3, -0.25) is 14.6 Å². The molecule has 1 N–H and O–H groups in total. The SMILES string of the molecule is CC(C)C(=O)Cc1cc(C(=O)NCc2ccc(OCC(F)(F)F)nc2N2CCN(C)CC2)ccn1. The summed E-state index contributed by atoms with van der Waals surface area (Å²) in [6.45, 7) is 5.15. The number of piperazine rings is 1. The monoisotopic (exact) mass is 493 g/mol. The van der Waals surface area contributed by atoms with Crippen LogP contribution in [0, 0.1) is 5.92 Å². The molecule has 0 atom stereocenters. The highest BCUT2D eigenvalue weighted by Crippen LogP contribution is 2.25. The van der Waals surface area contributed by atoms with E-state index in [-0.39, 0.29) is 36.5 Å². The number of ketones is 1. The summed E-state index contributed by atoms with van der Waals surface area (Å²) in [5.41, 5.74) is 1.54. The van der Waals surface area contributed by atoms with E-state index in [9.17, 15) is 22.8 Å². The van der Waals surface area contributed by atoms with Gasteiger partial charge in [-0.1, -0.05) is 13.8 Å². The van der Waals surface area contributed by atoms with E-state index < -0.39 is 12.8 Å². The molecule has 0 unspecified atom stereocenters. The maximum absolute atomic E-state index is 12.8. The van der Waals surface area contributed by atoms with Crippen molar-refractivity contribution in [3.63, 3.8) is 0 Å². The van der Waals surface area contributed by atoms with Crippen molar-refractivity contribution < 1.29 is 27.5 Å². The van der Waals surface area contributed by atoms with Crippen LogP contribution in [0.3, 0.4) is 0 Å². The van der Waals surface area contributed by atoms with Crippen LogP contribution in [0.15, 0.2) is 30.5 Å². The summed E-state index contributed by atoms with van der Waals surface area (Å²) in [6.07, 6.45) is -2.83. The van der Waals surface area contributed by atoms with Gasteiger partial charge in [0.15, 0.2) is 6.61 Å². The van der Waals surface area contributed by atoms with E-state index in [2.05, 4.69) is 20.2 Å². The van der Waals surface area contributed by atoms with Gasteiger partial charge in [-0.25, -0.2) is 0 Å². The molecule has 0 spiro atoms. The third-order valence-electron chi connectivity index (χ3n) is 5.63. The van der Waals surface area contributed by atoms with E-state index in [0.717, 1.165) is 13.1 Å². The topological polar surface area (TPSA) is 87.7 Å². The van der Waals surface area contributed by atoms with Crippen LogP contribution in [0.4, 0.5) is 19.0 Å². The number of rotatable bonds is 9. The van der Waals surface area contributed by atoms with E-state index in [4.69, 9.17) is 4.74 Å². The molecule has 0 bridgehead atoms. The Morgan fingerprint density at radius 3 is 2.51 bits per heavy atom. The number of alkyl halides is 3. The predicted molar refractivity (Wildman–Crippen MR) is 124 cm³/mol. The number of anilines is 1. The number of ether oxygens (including phenoxy) is 1. The number of nitrogens with one attached hydrogen (secondary N) is 1. The Morgan fingerprint density at radius 2 is 1.86 bits per heavy atom. The standard InChI is InChI=1S/C24H30F3N5O3/c1-16(2)20(33)13-19-12-17(6-7-28-19)23(34)29-14-18-4-5-21(35-15-24(25,26)27)30-22(18)32-10-8-31(3)9-11-32/h4-7,12,16H,8-11,13-15H2,1-3H3,(H,29,34). The third kappa shape index (κ3) is 7.91. The average molecular weight is 494 g/mol. The Balaban J connectivity index is 1.73. The zero-order valence-electron chi connectivity index (χ0n) is 20.1. The molecular weight excluding hydrogens is 463 g/mol. The van der Waals surface area contributed by atoms with Crippen molar-refractivity contribution in [2.45, 2.75) is 33.0 Å². The molecular formula is C24H30F3N5O3. The molecule has 3 rings (SSSR count). The second-order valence-corrected chi connectivity index (χ2v) is 8.84. The van der Waals surface area contributed by atoms with Crippen molar-refractivity contribution in [3.05, 3.63) is 47.3 Å². The Bertz CT molecular complexity index is 1040. The number of halogens is 3. The molecule has 8 nitrogen and oxygen atoms in total. The van der Waals surface area contributed by atoms with Crippen LogP contribution in [0.25, 0.3) is 0 Å². The first-order valence-electron chi connectivity index (χ1n) is 11.4. The van der Waals surface area contributed by atoms with Gasteiger partial charge in [0, 0.05) is 74.1 Å². The zero-order valence-corrected chi connectivity index (χ0v) is 20.1. The molecule has 2 aromatic heterocycles. The fourth-order valence-electron chi connectivity index (χ4n) is 3.50. The van der Waals surface area contributed by atoms with Gasteiger partial charge >= 0.3 is 6.18 Å². The maximum atomic E-state index is 12.8. The van der Waals surface area contributed by atoms with Gasteiger partial charge in [0.05, 0.1) is 0 Å². The van der Waals surface area contributed by atoms with Gasteiger partial charge < -0.3 is 19.9 Å². The van der Waals surface area contributed by atoms with Crippen LogP contribution in [0.2, 0.25) is 0 Å². The van der Waals surface area contributed by atoms with Gasteiger partial charge in [-0.2, -0.15) is 18.2 Å². The summed E-state index contributed by atoms with van der Waals surface area (Å²) >= 11 is 0. The number of hydrogen-bond acceptors (Lipinski definition) is 7. The van der Waals surface area contributed by atoms with Crippen molar-refractivity contribution in [2.24, 2.45) is 5.92 Å². The Hall–Kier alpha value is -3.21. The largest absolute Gasteiger partial charge is 0.468 e. The van der Waals surface area contributed by atoms with Crippen LogP contribution in [-0.2, 0) is 17.8 Å². The molecule has 3 heterocycles. The summed E-state index contributed by atoms with van der Waals surface area (Å²) in [7, 11) is 1.99. The lowest BCUT2D eigenvalue weighted by molar-refractivity contribution is -0.154. The number of amides is 1. The molecule has 1 fully saturated rings. The molecule has 0 radical (unpaired) electrons. The molecule has 1 saturated heterocycles. The first kappa shape index (κ1) is 26.4. The molecule has 2 aromatic rings. The molecule has 35 heavy (non-hydrogen) atoms. The van der Waals surface area contributed by atoms with Gasteiger partial charge in [0.2, 0.25) is 5.88 Å². The minimum Gasteiger partial charge on any atom is -0.468 e. The van der Waals surface area contributed by atoms with Crippen LogP contribution < -0.4 is 15.0 Å². The van der Waals surface area contributed by atoms with E-state index >= 15 is 0 Å². The van der Waals surface area contributed by atoms with Gasteiger partial charge in [0.1, 0.15) is 11.6 Å². The first-order valence-corrected chi connectivity index (χ1v) is 11.4. The highest BCUT2D eigenvalue weighted by molar-refractivity contribution is 5.94. The molecule has 190 valence electrons. The second kappa shape index (κ2) is 11.5. The van der Waals surface area contributed by atoms with Gasteiger partial charge in [-0.05, 0) is 25.2 Å². The van der Waals surface area contributed by atoms with Gasteiger partial charge in [0.25, 0.3) is 5.91 Å². The van der Waals surface area contributed by atoms with Crippen LogP contribution in [0.5, 0.6) is 5.88 Å². The summed E-state index contributed by atoms with van der Waals surface area (Å²) in [6, 6.07) is 6.14. The molecule has 1 aliphatic rings. The second-order valence-electron chi connectivity index (χ2n) is 8.84. The number of aromatic nitrogens is 2. The van der Waals surface area contributed by atoms with Crippen molar-refractivity contribution >= 4 is 17.5 Å². The lowest BCUT2D eigenvalue weighted by Gasteiger charge is -2.34. The number of carbonyl (C=O) groups is 2. The summed E-state index contributed by atoms with van der Waals surface area (Å²) in [4.78, 5) is 37.4. The Morgan fingerprint density at radius 1 is 1.14 bits per heavy atom. The van der Waals surface area contributed by atoms with Gasteiger partial charge in [-0.15, -0.1) is 0 Å². The quantitative estimate of drug-likeness (QED) is 0.575. The first-order chi connectivity index (χ1) is 16.5. The normalized spacial score (nSPS) is 14.8. The number of carbonyl (C=O) groups excluding carboxylic acids is 2. The minimum absolute atomic E-state index is 0.0331. The van der Waals surface area contributed by atoms with E-state index in [0.29, 0.717) is 35.7 Å². The summed E-state index contributed by atoms with van der Waals surface area (Å²) < 4.78 is 42.6. The fraction of sp³-hybridized carbons (Fsp3) is 0.500. The number of likely N-dealkylation sites (N-methyl/N-ethyl adjacent to an activating group) is 1.